The minimum absolute atomic E-state index is 0.518. The van der Waals surface area contributed by atoms with Crippen LogP contribution in [-0.4, -0.2) is 30.5 Å². The zero-order valence-electron chi connectivity index (χ0n) is 11.8. The highest BCUT2D eigenvalue weighted by atomic mass is 35.5. The summed E-state index contributed by atoms with van der Waals surface area (Å²) in [6, 6.07) is 8.30. The molecule has 0 spiro atoms. The Morgan fingerprint density at radius 2 is 2.00 bits per heavy atom. The quantitative estimate of drug-likeness (QED) is 0.776. The van der Waals surface area contributed by atoms with Crippen molar-refractivity contribution in [3.8, 4) is 5.75 Å². The normalized spacial score (nSPS) is 11.0. The molecule has 0 amide bonds. The second kappa shape index (κ2) is 7.62. The van der Waals surface area contributed by atoms with E-state index >= 15 is 0 Å². The third-order valence-electron chi connectivity index (χ3n) is 2.90. The highest BCUT2D eigenvalue weighted by Gasteiger charge is 2.01. The van der Waals surface area contributed by atoms with Crippen LogP contribution < -0.4 is 4.74 Å². The van der Waals surface area contributed by atoms with E-state index in [-0.39, 0.29) is 0 Å². The molecule has 0 aliphatic heterocycles. The molecule has 108 valence electrons. The van der Waals surface area contributed by atoms with E-state index in [1.807, 2.05) is 12.1 Å². The Balaban J connectivity index is 1.79. The largest absolute Gasteiger partial charge is 0.488 e. The van der Waals surface area contributed by atoms with E-state index in [2.05, 4.69) is 36.1 Å². The minimum Gasteiger partial charge on any atom is -0.488 e. The lowest BCUT2D eigenvalue weighted by molar-refractivity contribution is 0.309. The number of benzene rings is 1. The van der Waals surface area contributed by atoms with Gasteiger partial charge in [-0.15, -0.1) is 11.3 Å². The summed E-state index contributed by atoms with van der Waals surface area (Å²) in [5.74, 6) is 0.880. The van der Waals surface area contributed by atoms with E-state index in [1.165, 1.54) is 23.3 Å². The molecule has 0 radical (unpaired) electrons. The maximum absolute atomic E-state index is 5.78. The van der Waals surface area contributed by atoms with Crippen molar-refractivity contribution in [2.24, 2.45) is 0 Å². The lowest BCUT2D eigenvalue weighted by Gasteiger charge is -2.09. The number of thiazole rings is 1. The highest BCUT2D eigenvalue weighted by molar-refractivity contribution is 7.15. The lowest BCUT2D eigenvalue weighted by Crippen LogP contribution is -2.13. The number of rotatable bonds is 7. The van der Waals surface area contributed by atoms with Gasteiger partial charge in [0.1, 0.15) is 12.4 Å². The molecule has 2 aromatic rings. The first kappa shape index (κ1) is 15.3. The van der Waals surface area contributed by atoms with Gasteiger partial charge in [-0.1, -0.05) is 23.7 Å². The fourth-order valence-electron chi connectivity index (χ4n) is 1.86. The maximum atomic E-state index is 5.78. The zero-order chi connectivity index (χ0) is 14.4. The van der Waals surface area contributed by atoms with Gasteiger partial charge in [0.2, 0.25) is 0 Å². The molecule has 0 saturated heterocycles. The van der Waals surface area contributed by atoms with Crippen LogP contribution in [0.25, 0.3) is 0 Å². The highest BCUT2D eigenvalue weighted by Crippen LogP contribution is 2.20. The third kappa shape index (κ3) is 5.12. The second-order valence-corrected chi connectivity index (χ2v) is 6.62. The lowest BCUT2D eigenvalue weighted by atomic mass is 10.1. The van der Waals surface area contributed by atoms with Crippen molar-refractivity contribution in [2.75, 3.05) is 20.6 Å². The molecule has 1 aromatic heterocycles. The van der Waals surface area contributed by atoms with E-state index in [9.17, 15) is 0 Å². The predicted molar refractivity (Wildman–Crippen MR) is 84.8 cm³/mol. The van der Waals surface area contributed by atoms with Crippen molar-refractivity contribution in [1.29, 1.82) is 0 Å². The van der Waals surface area contributed by atoms with Crippen molar-refractivity contribution >= 4 is 22.9 Å². The number of aryl methyl sites for hydroxylation is 1. The third-order valence-corrected chi connectivity index (χ3v) is 3.99. The van der Waals surface area contributed by atoms with E-state index in [1.54, 1.807) is 6.20 Å². The molecule has 0 unspecified atom stereocenters. The molecule has 5 heteroatoms. The molecule has 0 atom stereocenters. The van der Waals surface area contributed by atoms with Crippen LogP contribution in [0, 0.1) is 0 Å². The average molecular weight is 311 g/mol. The molecular weight excluding hydrogens is 292 g/mol. The van der Waals surface area contributed by atoms with Gasteiger partial charge in [0.25, 0.3) is 0 Å². The monoisotopic (exact) mass is 310 g/mol. The molecule has 1 heterocycles. The standard InChI is InChI=1S/C15H19ClN2OS/c1-18(2)9-3-4-12-5-7-13(8-6-12)19-11-14-10-17-15(16)20-14/h5-8,10H,3-4,9,11H2,1-2H3. The number of hydrogen-bond donors (Lipinski definition) is 0. The fraction of sp³-hybridized carbons (Fsp3) is 0.400. The van der Waals surface area contributed by atoms with Gasteiger partial charge in [-0.3, -0.25) is 0 Å². The molecule has 0 aliphatic rings. The van der Waals surface area contributed by atoms with Gasteiger partial charge in [-0.2, -0.15) is 0 Å². The molecule has 0 fully saturated rings. The Labute approximate surface area is 129 Å². The molecular formula is C15H19ClN2OS. The number of aromatic nitrogens is 1. The smallest absolute Gasteiger partial charge is 0.183 e. The topological polar surface area (TPSA) is 25.4 Å². The molecule has 1 aromatic carbocycles. The summed E-state index contributed by atoms with van der Waals surface area (Å²) in [5, 5.41) is 0. The van der Waals surface area contributed by atoms with Crippen LogP contribution in [0.4, 0.5) is 0 Å². The number of hydrogen-bond acceptors (Lipinski definition) is 4. The van der Waals surface area contributed by atoms with Crippen LogP contribution >= 0.6 is 22.9 Å². The van der Waals surface area contributed by atoms with Crippen molar-refractivity contribution in [2.45, 2.75) is 19.4 Å². The van der Waals surface area contributed by atoms with Gasteiger partial charge in [-0.05, 0) is 51.2 Å². The molecule has 3 nitrogen and oxygen atoms in total. The molecule has 0 aliphatic carbocycles. The summed E-state index contributed by atoms with van der Waals surface area (Å²) in [6.07, 6.45) is 4.03. The van der Waals surface area contributed by atoms with Crippen LogP contribution in [-0.2, 0) is 13.0 Å². The summed E-state index contributed by atoms with van der Waals surface area (Å²) in [7, 11) is 4.20. The Morgan fingerprint density at radius 3 is 2.60 bits per heavy atom. The number of nitrogens with zero attached hydrogens (tertiary/aromatic N) is 2. The van der Waals surface area contributed by atoms with Gasteiger partial charge in [0, 0.05) is 6.20 Å². The van der Waals surface area contributed by atoms with Crippen molar-refractivity contribution < 1.29 is 4.74 Å². The zero-order valence-corrected chi connectivity index (χ0v) is 13.4. The van der Waals surface area contributed by atoms with Gasteiger partial charge < -0.3 is 9.64 Å². The summed E-state index contributed by atoms with van der Waals surface area (Å²) in [5.41, 5.74) is 1.35. The summed E-state index contributed by atoms with van der Waals surface area (Å²) in [4.78, 5) is 7.23. The van der Waals surface area contributed by atoms with E-state index in [4.69, 9.17) is 16.3 Å². The summed E-state index contributed by atoms with van der Waals surface area (Å²) in [6.45, 7) is 1.63. The Kier molecular flexibility index (Phi) is 5.83. The van der Waals surface area contributed by atoms with Crippen LogP contribution in [0.3, 0.4) is 0 Å². The fourth-order valence-corrected chi connectivity index (χ4v) is 2.75. The number of ether oxygens (including phenoxy) is 1. The van der Waals surface area contributed by atoms with Crippen molar-refractivity contribution in [3.63, 3.8) is 0 Å². The summed E-state index contributed by atoms with van der Waals surface area (Å²) < 4.78 is 6.26. The van der Waals surface area contributed by atoms with Crippen molar-refractivity contribution in [3.05, 3.63) is 45.4 Å². The van der Waals surface area contributed by atoms with Crippen molar-refractivity contribution in [1.82, 2.24) is 9.88 Å². The average Bonchev–Trinajstić information content (AvgIpc) is 2.83. The molecule has 20 heavy (non-hydrogen) atoms. The first-order chi connectivity index (χ1) is 9.63. The van der Waals surface area contributed by atoms with E-state index < -0.39 is 0 Å². The van der Waals surface area contributed by atoms with Crippen LogP contribution in [0.5, 0.6) is 5.75 Å². The minimum atomic E-state index is 0.518. The molecule has 2 rings (SSSR count). The predicted octanol–water partition coefficient (Wildman–Crippen LogP) is 3.87. The first-order valence-electron chi connectivity index (χ1n) is 6.60. The second-order valence-electron chi connectivity index (χ2n) is 4.92. The SMILES string of the molecule is CN(C)CCCc1ccc(OCc2cnc(Cl)s2)cc1. The van der Waals surface area contributed by atoms with Gasteiger partial charge in [-0.25, -0.2) is 4.98 Å². The maximum Gasteiger partial charge on any atom is 0.183 e. The molecule has 0 N–H and O–H groups in total. The van der Waals surface area contributed by atoms with E-state index in [0.717, 1.165) is 23.6 Å². The van der Waals surface area contributed by atoms with Gasteiger partial charge in [0.15, 0.2) is 4.47 Å². The van der Waals surface area contributed by atoms with Gasteiger partial charge >= 0.3 is 0 Å². The van der Waals surface area contributed by atoms with Crippen LogP contribution in [0.15, 0.2) is 30.5 Å². The van der Waals surface area contributed by atoms with Gasteiger partial charge in [0.05, 0.1) is 4.88 Å². The first-order valence-corrected chi connectivity index (χ1v) is 7.79. The molecule has 0 bridgehead atoms. The molecule has 0 saturated carbocycles. The summed E-state index contributed by atoms with van der Waals surface area (Å²) >= 11 is 7.23. The Bertz CT molecular complexity index is 525. The van der Waals surface area contributed by atoms with Crippen LogP contribution in [0.1, 0.15) is 16.9 Å². The van der Waals surface area contributed by atoms with E-state index in [0.29, 0.717) is 11.1 Å². The Morgan fingerprint density at radius 1 is 1.25 bits per heavy atom. The Hall–Kier alpha value is -1.10. The number of halogens is 1. The van der Waals surface area contributed by atoms with Crippen LogP contribution in [0.2, 0.25) is 4.47 Å².